The van der Waals surface area contributed by atoms with Crippen LogP contribution in [0.5, 0.6) is 0 Å². The van der Waals surface area contributed by atoms with E-state index in [4.69, 9.17) is 10.5 Å². The quantitative estimate of drug-likeness (QED) is 0.901. The molecule has 1 aromatic heterocycles. The molecule has 0 aromatic carbocycles. The zero-order chi connectivity index (χ0) is 9.97. The molecule has 0 spiro atoms. The highest BCUT2D eigenvalue weighted by atomic mass is 79.9. The Morgan fingerprint density at radius 3 is 2.71 bits per heavy atom. The van der Waals surface area contributed by atoms with Crippen LogP contribution in [0.3, 0.4) is 0 Å². The van der Waals surface area contributed by atoms with Crippen LogP contribution in [0.15, 0.2) is 15.9 Å². The van der Waals surface area contributed by atoms with Gasteiger partial charge in [-0.15, -0.1) is 11.3 Å². The summed E-state index contributed by atoms with van der Waals surface area (Å²) in [7, 11) is 0. The third-order valence-corrected chi connectivity index (χ3v) is 4.42. The van der Waals surface area contributed by atoms with Crippen molar-refractivity contribution in [3.05, 3.63) is 20.8 Å². The zero-order valence-electron chi connectivity index (χ0n) is 7.91. The van der Waals surface area contributed by atoms with Gasteiger partial charge >= 0.3 is 0 Å². The molecule has 1 atom stereocenters. The minimum absolute atomic E-state index is 0.190. The summed E-state index contributed by atoms with van der Waals surface area (Å²) in [5, 5.41) is 0. The van der Waals surface area contributed by atoms with E-state index in [1.807, 2.05) is 0 Å². The minimum Gasteiger partial charge on any atom is -0.381 e. The van der Waals surface area contributed by atoms with E-state index < -0.39 is 0 Å². The molecule has 1 aliphatic rings. The fourth-order valence-corrected chi connectivity index (χ4v) is 3.33. The third-order valence-electron chi connectivity index (χ3n) is 2.70. The Morgan fingerprint density at radius 2 is 2.14 bits per heavy atom. The Bertz CT molecular complexity index is 296. The maximum atomic E-state index is 6.22. The van der Waals surface area contributed by atoms with Gasteiger partial charge in [-0.2, -0.15) is 0 Å². The molecule has 1 fully saturated rings. The van der Waals surface area contributed by atoms with Crippen LogP contribution in [0.2, 0.25) is 0 Å². The van der Waals surface area contributed by atoms with Crippen molar-refractivity contribution in [1.82, 2.24) is 0 Å². The molecule has 2 nitrogen and oxygen atoms in total. The maximum Gasteiger partial charge on any atom is 0.0701 e. The van der Waals surface area contributed by atoms with Crippen LogP contribution in [0.1, 0.15) is 23.8 Å². The maximum absolute atomic E-state index is 6.22. The van der Waals surface area contributed by atoms with E-state index in [9.17, 15) is 0 Å². The summed E-state index contributed by atoms with van der Waals surface area (Å²) >= 11 is 5.20. The SMILES string of the molecule is N[C@H](c1ccc(Br)s1)C1CCOCC1. The van der Waals surface area contributed by atoms with E-state index >= 15 is 0 Å². The number of thiophene rings is 1. The van der Waals surface area contributed by atoms with Gasteiger partial charge in [-0.1, -0.05) is 0 Å². The summed E-state index contributed by atoms with van der Waals surface area (Å²) < 4.78 is 6.49. The molecule has 0 amide bonds. The van der Waals surface area contributed by atoms with Gasteiger partial charge in [-0.3, -0.25) is 0 Å². The van der Waals surface area contributed by atoms with Crippen molar-refractivity contribution in [2.75, 3.05) is 13.2 Å². The standard InChI is InChI=1S/C10H14BrNOS/c11-9-2-1-8(14-9)10(12)7-3-5-13-6-4-7/h1-2,7,10H,3-6,12H2/t10-/m0/s1. The summed E-state index contributed by atoms with van der Waals surface area (Å²) in [5.41, 5.74) is 6.22. The second-order valence-electron chi connectivity index (χ2n) is 3.62. The Kier molecular flexibility index (Phi) is 3.60. The van der Waals surface area contributed by atoms with E-state index in [0.29, 0.717) is 5.92 Å². The van der Waals surface area contributed by atoms with Crippen LogP contribution >= 0.6 is 27.3 Å². The smallest absolute Gasteiger partial charge is 0.0701 e. The van der Waals surface area contributed by atoms with Gasteiger partial charge in [-0.25, -0.2) is 0 Å². The molecule has 0 bridgehead atoms. The predicted molar refractivity (Wildman–Crippen MR) is 62.5 cm³/mol. The zero-order valence-corrected chi connectivity index (χ0v) is 10.3. The van der Waals surface area contributed by atoms with E-state index in [1.54, 1.807) is 11.3 Å². The summed E-state index contributed by atoms with van der Waals surface area (Å²) in [6.45, 7) is 1.73. The van der Waals surface area contributed by atoms with Gasteiger partial charge in [-0.05, 0) is 46.8 Å². The van der Waals surface area contributed by atoms with Gasteiger partial charge in [0.15, 0.2) is 0 Å². The molecule has 14 heavy (non-hydrogen) atoms. The lowest BCUT2D eigenvalue weighted by atomic mass is 9.91. The van der Waals surface area contributed by atoms with Crippen LogP contribution in [-0.4, -0.2) is 13.2 Å². The van der Waals surface area contributed by atoms with E-state index in [2.05, 4.69) is 28.1 Å². The van der Waals surface area contributed by atoms with E-state index in [0.717, 1.165) is 29.8 Å². The summed E-state index contributed by atoms with van der Waals surface area (Å²) in [6, 6.07) is 4.38. The van der Waals surface area contributed by atoms with Crippen molar-refractivity contribution in [2.45, 2.75) is 18.9 Å². The van der Waals surface area contributed by atoms with Crippen molar-refractivity contribution < 1.29 is 4.74 Å². The van der Waals surface area contributed by atoms with Crippen LogP contribution in [0, 0.1) is 5.92 Å². The van der Waals surface area contributed by atoms with Gasteiger partial charge in [0.1, 0.15) is 0 Å². The first-order valence-electron chi connectivity index (χ1n) is 4.86. The number of hydrogen-bond donors (Lipinski definition) is 1. The molecular weight excluding hydrogens is 262 g/mol. The average Bonchev–Trinajstić information content (AvgIpc) is 2.65. The second-order valence-corrected chi connectivity index (χ2v) is 6.11. The molecule has 2 heterocycles. The molecule has 78 valence electrons. The predicted octanol–water partition coefficient (Wildman–Crippen LogP) is 2.94. The Hall–Kier alpha value is 0.1000. The Morgan fingerprint density at radius 1 is 1.43 bits per heavy atom. The average molecular weight is 276 g/mol. The fourth-order valence-electron chi connectivity index (χ4n) is 1.81. The molecule has 1 saturated heterocycles. The van der Waals surface area contributed by atoms with Gasteiger partial charge in [0, 0.05) is 24.1 Å². The topological polar surface area (TPSA) is 35.2 Å². The van der Waals surface area contributed by atoms with Crippen molar-refractivity contribution in [1.29, 1.82) is 0 Å². The number of ether oxygens (including phenoxy) is 1. The molecule has 2 N–H and O–H groups in total. The lowest BCUT2D eigenvalue weighted by Gasteiger charge is -2.26. The van der Waals surface area contributed by atoms with Crippen LogP contribution in [0.25, 0.3) is 0 Å². The van der Waals surface area contributed by atoms with Crippen LogP contribution < -0.4 is 5.73 Å². The Balaban J connectivity index is 2.03. The molecule has 1 aromatic rings. The largest absolute Gasteiger partial charge is 0.381 e. The highest BCUT2D eigenvalue weighted by molar-refractivity contribution is 9.11. The van der Waals surface area contributed by atoms with Crippen LogP contribution in [0.4, 0.5) is 0 Å². The first-order chi connectivity index (χ1) is 6.77. The Labute approximate surface area is 96.6 Å². The highest BCUT2D eigenvalue weighted by Crippen LogP contribution is 2.33. The fraction of sp³-hybridized carbons (Fsp3) is 0.600. The monoisotopic (exact) mass is 275 g/mol. The number of halogens is 1. The highest BCUT2D eigenvalue weighted by Gasteiger charge is 2.23. The summed E-state index contributed by atoms with van der Waals surface area (Å²) in [4.78, 5) is 1.28. The summed E-state index contributed by atoms with van der Waals surface area (Å²) in [5.74, 6) is 0.592. The molecule has 0 saturated carbocycles. The first-order valence-corrected chi connectivity index (χ1v) is 6.47. The normalized spacial score (nSPS) is 21.0. The van der Waals surface area contributed by atoms with Crippen molar-refractivity contribution in [3.8, 4) is 0 Å². The van der Waals surface area contributed by atoms with Crippen molar-refractivity contribution >= 4 is 27.3 Å². The van der Waals surface area contributed by atoms with E-state index in [-0.39, 0.29) is 6.04 Å². The van der Waals surface area contributed by atoms with Crippen LogP contribution in [-0.2, 0) is 4.74 Å². The lowest BCUT2D eigenvalue weighted by Crippen LogP contribution is -2.26. The molecule has 2 rings (SSSR count). The molecule has 4 heteroatoms. The first kappa shape index (κ1) is 10.6. The van der Waals surface area contributed by atoms with Gasteiger partial charge in [0.25, 0.3) is 0 Å². The third kappa shape index (κ3) is 2.37. The van der Waals surface area contributed by atoms with Gasteiger partial charge in [0.2, 0.25) is 0 Å². The molecule has 0 aliphatic carbocycles. The number of nitrogens with two attached hydrogens (primary N) is 1. The lowest BCUT2D eigenvalue weighted by molar-refractivity contribution is 0.0587. The summed E-state index contributed by atoms with van der Waals surface area (Å²) in [6.07, 6.45) is 2.19. The van der Waals surface area contributed by atoms with Gasteiger partial charge in [0.05, 0.1) is 3.79 Å². The van der Waals surface area contributed by atoms with E-state index in [1.165, 1.54) is 4.88 Å². The number of hydrogen-bond acceptors (Lipinski definition) is 3. The van der Waals surface area contributed by atoms with Crippen molar-refractivity contribution in [2.24, 2.45) is 11.7 Å². The molecule has 0 radical (unpaired) electrons. The van der Waals surface area contributed by atoms with Gasteiger partial charge < -0.3 is 10.5 Å². The number of rotatable bonds is 2. The van der Waals surface area contributed by atoms with Crippen molar-refractivity contribution in [3.63, 3.8) is 0 Å². The molecule has 1 aliphatic heterocycles. The minimum atomic E-state index is 0.190. The molecule has 0 unspecified atom stereocenters. The molecular formula is C10H14BrNOS. The second kappa shape index (κ2) is 4.75.